The van der Waals surface area contributed by atoms with E-state index < -0.39 is 12.6 Å². The summed E-state index contributed by atoms with van der Waals surface area (Å²) in [5, 5.41) is 9.33. The molecule has 1 aromatic carbocycles. The molecule has 1 aromatic heterocycles. The van der Waals surface area contributed by atoms with Crippen LogP contribution in [-0.4, -0.2) is 22.7 Å². The molecular formula is C11H9NO3. The second kappa shape index (κ2) is 4.06. The predicted octanol–water partition coefficient (Wildman–Crippen LogP) is 1.13. The quantitative estimate of drug-likeness (QED) is 0.743. The van der Waals surface area contributed by atoms with Crippen molar-refractivity contribution in [2.75, 3.05) is 6.61 Å². The summed E-state index contributed by atoms with van der Waals surface area (Å²) in [4.78, 5) is 15.1. The maximum Gasteiger partial charge on any atom is 0.337 e. The van der Waals surface area contributed by atoms with E-state index >= 15 is 0 Å². The number of aromatic nitrogens is 1. The molecule has 0 bridgehead atoms. The van der Waals surface area contributed by atoms with Crippen LogP contribution in [0.1, 0.15) is 0 Å². The minimum Gasteiger partial charge on any atom is -0.424 e. The van der Waals surface area contributed by atoms with Crippen LogP contribution in [0.3, 0.4) is 0 Å². The van der Waals surface area contributed by atoms with E-state index in [1.54, 1.807) is 12.3 Å². The standard InChI is InChI=1S/C11H9NO3/c13-7-11(14)15-10-5-6-12-9-4-2-1-3-8(9)10/h1-6,13H,7H2. The number of aliphatic hydroxyl groups excluding tert-OH is 1. The van der Waals surface area contributed by atoms with Crippen LogP contribution in [0.4, 0.5) is 0 Å². The molecule has 0 aliphatic rings. The molecule has 15 heavy (non-hydrogen) atoms. The van der Waals surface area contributed by atoms with E-state index in [0.29, 0.717) is 5.75 Å². The first-order valence-corrected chi connectivity index (χ1v) is 4.46. The summed E-state index contributed by atoms with van der Waals surface area (Å²) in [6.45, 7) is -0.628. The number of hydrogen-bond acceptors (Lipinski definition) is 4. The van der Waals surface area contributed by atoms with Crippen molar-refractivity contribution in [2.24, 2.45) is 0 Å². The third-order valence-electron chi connectivity index (χ3n) is 1.96. The molecule has 0 aliphatic heterocycles. The predicted molar refractivity (Wildman–Crippen MR) is 54.5 cm³/mol. The lowest BCUT2D eigenvalue weighted by atomic mass is 10.2. The van der Waals surface area contributed by atoms with E-state index in [0.717, 1.165) is 10.9 Å². The van der Waals surface area contributed by atoms with Gasteiger partial charge < -0.3 is 9.84 Å². The summed E-state index contributed by atoms with van der Waals surface area (Å²) >= 11 is 0. The Bertz CT molecular complexity index is 491. The molecule has 1 N–H and O–H groups in total. The van der Waals surface area contributed by atoms with Crippen LogP contribution in [0.2, 0.25) is 0 Å². The molecule has 0 unspecified atom stereocenters. The third kappa shape index (κ3) is 1.94. The van der Waals surface area contributed by atoms with Gasteiger partial charge in [-0.25, -0.2) is 4.79 Å². The van der Waals surface area contributed by atoms with Crippen LogP contribution in [0.15, 0.2) is 36.5 Å². The second-order valence-corrected chi connectivity index (χ2v) is 2.96. The fourth-order valence-electron chi connectivity index (χ4n) is 1.31. The summed E-state index contributed by atoms with van der Waals surface area (Å²) in [6.07, 6.45) is 1.56. The average Bonchev–Trinajstić information content (AvgIpc) is 2.29. The van der Waals surface area contributed by atoms with Crippen molar-refractivity contribution in [3.63, 3.8) is 0 Å². The normalized spacial score (nSPS) is 10.2. The Morgan fingerprint density at radius 3 is 2.93 bits per heavy atom. The third-order valence-corrected chi connectivity index (χ3v) is 1.96. The highest BCUT2D eigenvalue weighted by molar-refractivity contribution is 5.87. The molecule has 0 saturated heterocycles. The molecule has 4 heteroatoms. The summed E-state index contributed by atoms with van der Waals surface area (Å²) in [5.41, 5.74) is 0.751. The van der Waals surface area contributed by atoms with Crippen molar-refractivity contribution in [3.8, 4) is 5.75 Å². The molecule has 4 nitrogen and oxygen atoms in total. The lowest BCUT2D eigenvalue weighted by Gasteiger charge is -2.05. The first kappa shape index (κ1) is 9.61. The van der Waals surface area contributed by atoms with Gasteiger partial charge >= 0.3 is 5.97 Å². The number of fused-ring (bicyclic) bond motifs is 1. The van der Waals surface area contributed by atoms with Crippen LogP contribution in [-0.2, 0) is 4.79 Å². The van der Waals surface area contributed by atoms with Crippen LogP contribution in [0.5, 0.6) is 5.75 Å². The van der Waals surface area contributed by atoms with E-state index in [1.807, 2.05) is 24.3 Å². The summed E-state index contributed by atoms with van der Waals surface area (Å²) in [6, 6.07) is 8.91. The van der Waals surface area contributed by atoms with Crippen molar-refractivity contribution in [1.29, 1.82) is 0 Å². The van der Waals surface area contributed by atoms with E-state index in [4.69, 9.17) is 9.84 Å². The SMILES string of the molecule is O=C(CO)Oc1ccnc2ccccc12. The summed E-state index contributed by atoms with van der Waals surface area (Å²) < 4.78 is 4.95. The molecule has 0 fully saturated rings. The van der Waals surface area contributed by atoms with Gasteiger partial charge in [0.25, 0.3) is 0 Å². The number of carbonyl (C=O) groups is 1. The highest BCUT2D eigenvalue weighted by Crippen LogP contribution is 2.23. The molecule has 0 atom stereocenters. The summed E-state index contributed by atoms with van der Waals surface area (Å²) in [5.74, 6) is -0.258. The monoisotopic (exact) mass is 203 g/mol. The van der Waals surface area contributed by atoms with Crippen molar-refractivity contribution in [2.45, 2.75) is 0 Å². The van der Waals surface area contributed by atoms with Crippen molar-refractivity contribution in [3.05, 3.63) is 36.5 Å². The molecule has 0 aliphatic carbocycles. The number of nitrogens with zero attached hydrogens (tertiary/aromatic N) is 1. The Morgan fingerprint density at radius 1 is 1.33 bits per heavy atom. The van der Waals surface area contributed by atoms with Crippen molar-refractivity contribution in [1.82, 2.24) is 4.98 Å². The Kier molecular flexibility index (Phi) is 2.60. The molecule has 76 valence electrons. The molecule has 2 aromatic rings. The zero-order valence-corrected chi connectivity index (χ0v) is 7.88. The van der Waals surface area contributed by atoms with Crippen LogP contribution in [0.25, 0.3) is 10.9 Å². The van der Waals surface area contributed by atoms with Gasteiger partial charge in [-0.1, -0.05) is 12.1 Å². The van der Waals surface area contributed by atoms with Gasteiger partial charge in [0.2, 0.25) is 0 Å². The van der Waals surface area contributed by atoms with Gasteiger partial charge in [0.05, 0.1) is 5.52 Å². The average molecular weight is 203 g/mol. The topological polar surface area (TPSA) is 59.4 Å². The van der Waals surface area contributed by atoms with E-state index in [-0.39, 0.29) is 0 Å². The van der Waals surface area contributed by atoms with Crippen LogP contribution in [0, 0.1) is 0 Å². The Labute approximate surface area is 86.1 Å². The molecule has 0 radical (unpaired) electrons. The molecule has 0 amide bonds. The minimum absolute atomic E-state index is 0.416. The number of aliphatic hydroxyl groups is 1. The van der Waals surface area contributed by atoms with E-state index in [2.05, 4.69) is 4.98 Å². The number of pyridine rings is 1. The fourth-order valence-corrected chi connectivity index (χ4v) is 1.31. The highest BCUT2D eigenvalue weighted by atomic mass is 16.5. The molecule has 0 saturated carbocycles. The summed E-state index contributed by atoms with van der Waals surface area (Å²) in [7, 11) is 0. The lowest BCUT2D eigenvalue weighted by Crippen LogP contribution is -2.12. The smallest absolute Gasteiger partial charge is 0.337 e. The van der Waals surface area contributed by atoms with Gasteiger partial charge in [-0.15, -0.1) is 0 Å². The number of para-hydroxylation sites is 1. The van der Waals surface area contributed by atoms with Crippen LogP contribution >= 0.6 is 0 Å². The Balaban J connectivity index is 2.46. The molecular weight excluding hydrogens is 194 g/mol. The maximum atomic E-state index is 10.9. The largest absolute Gasteiger partial charge is 0.424 e. The number of esters is 1. The Hall–Kier alpha value is -1.94. The van der Waals surface area contributed by atoms with Gasteiger partial charge in [0.1, 0.15) is 12.4 Å². The number of carbonyl (C=O) groups excluding carboxylic acids is 1. The Morgan fingerprint density at radius 2 is 2.13 bits per heavy atom. The zero-order valence-electron chi connectivity index (χ0n) is 7.88. The van der Waals surface area contributed by atoms with Crippen molar-refractivity contribution < 1.29 is 14.6 Å². The first-order valence-electron chi connectivity index (χ1n) is 4.46. The highest BCUT2D eigenvalue weighted by Gasteiger charge is 2.06. The number of ether oxygens (including phenoxy) is 1. The lowest BCUT2D eigenvalue weighted by molar-refractivity contribution is -0.137. The van der Waals surface area contributed by atoms with Crippen molar-refractivity contribution >= 4 is 16.9 Å². The van der Waals surface area contributed by atoms with Gasteiger partial charge in [-0.05, 0) is 18.2 Å². The van der Waals surface area contributed by atoms with Gasteiger partial charge in [-0.2, -0.15) is 0 Å². The number of benzene rings is 1. The molecule has 2 rings (SSSR count). The second-order valence-electron chi connectivity index (χ2n) is 2.96. The van der Waals surface area contributed by atoms with Gasteiger partial charge in [0.15, 0.2) is 0 Å². The fraction of sp³-hybridized carbons (Fsp3) is 0.0909. The maximum absolute atomic E-state index is 10.9. The molecule has 1 heterocycles. The van der Waals surface area contributed by atoms with E-state index in [1.165, 1.54) is 0 Å². The van der Waals surface area contributed by atoms with E-state index in [9.17, 15) is 4.79 Å². The van der Waals surface area contributed by atoms with Gasteiger partial charge in [-0.3, -0.25) is 4.98 Å². The molecule has 0 spiro atoms. The van der Waals surface area contributed by atoms with Gasteiger partial charge in [0, 0.05) is 11.6 Å². The number of hydrogen-bond donors (Lipinski definition) is 1. The number of rotatable bonds is 2. The minimum atomic E-state index is -0.675. The first-order chi connectivity index (χ1) is 7.31. The zero-order chi connectivity index (χ0) is 10.7. The van der Waals surface area contributed by atoms with Crippen LogP contribution < -0.4 is 4.74 Å².